The molecule has 1 atom stereocenters. The molecule has 0 radical (unpaired) electrons. The lowest BCUT2D eigenvalue weighted by Crippen LogP contribution is -2.34. The van der Waals surface area contributed by atoms with Gasteiger partial charge in [-0.1, -0.05) is 18.2 Å². The second-order valence-corrected chi connectivity index (χ2v) is 7.01. The summed E-state index contributed by atoms with van der Waals surface area (Å²) in [5.74, 6) is 0.286. The first kappa shape index (κ1) is 23.5. The smallest absolute Gasteiger partial charge is 0.416 e. The number of carbonyl (C=O) groups excluding carboxylic acids is 1. The molecule has 164 valence electrons. The van der Waals surface area contributed by atoms with Crippen molar-refractivity contribution in [1.82, 2.24) is 5.32 Å². The molecule has 2 rings (SSSR count). The van der Waals surface area contributed by atoms with E-state index in [2.05, 4.69) is 5.32 Å². The Bertz CT molecular complexity index is 853. The molecule has 0 aliphatic heterocycles. The van der Waals surface area contributed by atoms with Crippen LogP contribution in [0.4, 0.5) is 13.2 Å². The molecule has 30 heavy (non-hydrogen) atoms. The quantitative estimate of drug-likeness (QED) is 0.632. The van der Waals surface area contributed by atoms with Gasteiger partial charge in [-0.05, 0) is 56.2 Å². The van der Waals surface area contributed by atoms with E-state index in [0.717, 1.165) is 11.6 Å². The number of alkyl halides is 3. The van der Waals surface area contributed by atoms with Crippen molar-refractivity contribution in [2.75, 3.05) is 7.11 Å². The van der Waals surface area contributed by atoms with Gasteiger partial charge in [-0.2, -0.15) is 13.2 Å². The van der Waals surface area contributed by atoms with Crippen molar-refractivity contribution in [3.05, 3.63) is 59.2 Å². The minimum absolute atomic E-state index is 0.0491. The molecule has 0 bridgehead atoms. The number of hydrogen-bond donors (Lipinski definition) is 1. The summed E-state index contributed by atoms with van der Waals surface area (Å²) in [5, 5.41) is 2.50. The molecule has 0 aromatic heterocycles. The Hall–Kier alpha value is -2.74. The third-order valence-electron chi connectivity index (χ3n) is 4.21. The van der Waals surface area contributed by atoms with Crippen molar-refractivity contribution in [2.45, 2.75) is 52.3 Å². The van der Waals surface area contributed by atoms with E-state index < -0.39 is 23.8 Å². The minimum atomic E-state index is -4.56. The Morgan fingerprint density at radius 3 is 2.43 bits per heavy atom. The van der Waals surface area contributed by atoms with Gasteiger partial charge >= 0.3 is 6.18 Å². The summed E-state index contributed by atoms with van der Waals surface area (Å²) in [6.07, 6.45) is -5.65. The Labute approximate surface area is 174 Å². The van der Waals surface area contributed by atoms with Crippen LogP contribution in [0.1, 0.15) is 37.5 Å². The number of ether oxygens (including phenoxy) is 3. The van der Waals surface area contributed by atoms with Crippen LogP contribution >= 0.6 is 0 Å². The van der Waals surface area contributed by atoms with Crippen molar-refractivity contribution in [2.24, 2.45) is 0 Å². The van der Waals surface area contributed by atoms with Crippen LogP contribution < -0.4 is 14.8 Å². The molecule has 1 amide bonds. The average Bonchev–Trinajstić information content (AvgIpc) is 2.69. The fourth-order valence-corrected chi connectivity index (χ4v) is 2.70. The van der Waals surface area contributed by atoms with Gasteiger partial charge < -0.3 is 19.5 Å². The topological polar surface area (TPSA) is 56.8 Å². The zero-order chi connectivity index (χ0) is 22.3. The van der Waals surface area contributed by atoms with E-state index in [1.165, 1.54) is 12.1 Å². The number of benzene rings is 2. The third-order valence-corrected chi connectivity index (χ3v) is 4.21. The second-order valence-electron chi connectivity index (χ2n) is 7.01. The molecule has 0 heterocycles. The molecule has 0 saturated carbocycles. The summed E-state index contributed by atoms with van der Waals surface area (Å²) < 4.78 is 56.2. The molecule has 0 saturated heterocycles. The van der Waals surface area contributed by atoms with Crippen LogP contribution in [0.2, 0.25) is 0 Å². The average molecular weight is 425 g/mol. The zero-order valence-electron chi connectivity index (χ0n) is 17.4. The molecule has 0 aliphatic rings. The Balaban J connectivity index is 1.98. The molecule has 1 unspecified atom stereocenters. The maximum Gasteiger partial charge on any atom is 0.416 e. The predicted octanol–water partition coefficient (Wildman–Crippen LogP) is 4.72. The van der Waals surface area contributed by atoms with Crippen LogP contribution in [0.15, 0.2) is 42.5 Å². The normalized spacial score (nSPS) is 12.5. The lowest BCUT2D eigenvalue weighted by atomic mass is 10.1. The maximum atomic E-state index is 13.4. The molecule has 1 N–H and O–H groups in total. The molecule has 0 aliphatic carbocycles. The van der Waals surface area contributed by atoms with E-state index >= 15 is 0 Å². The Kier molecular flexibility index (Phi) is 8.11. The van der Waals surface area contributed by atoms with Gasteiger partial charge in [0, 0.05) is 6.54 Å². The highest BCUT2D eigenvalue weighted by molar-refractivity contribution is 5.80. The molecular formula is C22H26F3NO4. The lowest BCUT2D eigenvalue weighted by molar-refractivity contribution is -0.139. The van der Waals surface area contributed by atoms with Gasteiger partial charge in [0.1, 0.15) is 17.6 Å². The monoisotopic (exact) mass is 425 g/mol. The molecule has 5 nitrogen and oxygen atoms in total. The lowest BCUT2D eigenvalue weighted by Gasteiger charge is -2.18. The molecule has 0 fully saturated rings. The summed E-state index contributed by atoms with van der Waals surface area (Å²) in [7, 11) is 1.55. The number of carbonyl (C=O) groups is 1. The van der Waals surface area contributed by atoms with Gasteiger partial charge in [0.05, 0.1) is 25.4 Å². The van der Waals surface area contributed by atoms with Gasteiger partial charge in [0.15, 0.2) is 0 Å². The Morgan fingerprint density at radius 2 is 1.80 bits per heavy atom. The first-order valence-corrected chi connectivity index (χ1v) is 9.49. The van der Waals surface area contributed by atoms with Crippen LogP contribution in [0.5, 0.6) is 11.5 Å². The number of methoxy groups -OCH3 is 1. The van der Waals surface area contributed by atoms with Crippen LogP contribution in [0.25, 0.3) is 0 Å². The molecule has 0 spiro atoms. The van der Waals surface area contributed by atoms with E-state index in [0.29, 0.717) is 5.75 Å². The van der Waals surface area contributed by atoms with Gasteiger partial charge in [-0.25, -0.2) is 0 Å². The van der Waals surface area contributed by atoms with Crippen molar-refractivity contribution < 1.29 is 32.2 Å². The summed E-state index contributed by atoms with van der Waals surface area (Å²) in [5.41, 5.74) is -0.0769. The highest BCUT2D eigenvalue weighted by Gasteiger charge is 2.34. The number of hydrogen-bond acceptors (Lipinski definition) is 4. The highest BCUT2D eigenvalue weighted by atomic mass is 19.4. The van der Waals surface area contributed by atoms with Gasteiger partial charge in [-0.3, -0.25) is 4.79 Å². The van der Waals surface area contributed by atoms with Crippen LogP contribution in [0.3, 0.4) is 0 Å². The molecule has 2 aromatic carbocycles. The minimum Gasteiger partial charge on any atom is -0.497 e. The first-order chi connectivity index (χ1) is 14.1. The van der Waals surface area contributed by atoms with Crippen LogP contribution in [-0.2, 0) is 28.9 Å². The molecule has 8 heteroatoms. The zero-order valence-corrected chi connectivity index (χ0v) is 17.4. The number of amides is 1. The van der Waals surface area contributed by atoms with Gasteiger partial charge in [0.2, 0.25) is 5.91 Å². The first-order valence-electron chi connectivity index (χ1n) is 9.49. The van der Waals surface area contributed by atoms with E-state index in [9.17, 15) is 18.0 Å². The van der Waals surface area contributed by atoms with Crippen molar-refractivity contribution in [1.29, 1.82) is 0 Å². The van der Waals surface area contributed by atoms with Gasteiger partial charge in [-0.15, -0.1) is 0 Å². The summed E-state index contributed by atoms with van der Waals surface area (Å²) in [6, 6.07) is 10.9. The van der Waals surface area contributed by atoms with Crippen LogP contribution in [-0.4, -0.2) is 25.2 Å². The van der Waals surface area contributed by atoms with Crippen LogP contribution in [0, 0.1) is 0 Å². The van der Waals surface area contributed by atoms with E-state index in [4.69, 9.17) is 14.2 Å². The van der Waals surface area contributed by atoms with E-state index in [1.807, 2.05) is 6.07 Å². The van der Waals surface area contributed by atoms with E-state index in [1.54, 1.807) is 46.1 Å². The summed E-state index contributed by atoms with van der Waals surface area (Å²) >= 11 is 0. The number of rotatable bonds is 9. The SMILES string of the molecule is COc1cccc(COC(C)C(=O)NCc2ccc(OC(C)C)cc2C(F)(F)F)c1. The fraction of sp³-hybridized carbons (Fsp3) is 0.409. The summed E-state index contributed by atoms with van der Waals surface area (Å²) in [4.78, 5) is 12.3. The van der Waals surface area contributed by atoms with Crippen molar-refractivity contribution >= 4 is 5.91 Å². The largest absolute Gasteiger partial charge is 0.497 e. The number of halogens is 3. The van der Waals surface area contributed by atoms with Crippen molar-refractivity contribution in [3.63, 3.8) is 0 Å². The molecule has 2 aromatic rings. The standard InChI is InChI=1S/C22H26F3NO4/c1-14(2)30-19-9-8-17(20(11-19)22(23,24)25)12-26-21(27)15(3)29-13-16-6-5-7-18(10-16)28-4/h5-11,14-15H,12-13H2,1-4H3,(H,26,27). The second kappa shape index (κ2) is 10.3. The summed E-state index contributed by atoms with van der Waals surface area (Å²) in [6.45, 7) is 4.89. The maximum absolute atomic E-state index is 13.4. The fourth-order valence-electron chi connectivity index (χ4n) is 2.70. The number of nitrogens with one attached hydrogen (secondary N) is 1. The van der Waals surface area contributed by atoms with Crippen molar-refractivity contribution in [3.8, 4) is 11.5 Å². The third kappa shape index (κ3) is 6.95. The predicted molar refractivity (Wildman–Crippen MR) is 106 cm³/mol. The van der Waals surface area contributed by atoms with Gasteiger partial charge in [0.25, 0.3) is 0 Å². The van der Waals surface area contributed by atoms with E-state index in [-0.39, 0.29) is 30.6 Å². The molecular weight excluding hydrogens is 399 g/mol. The Morgan fingerprint density at radius 1 is 1.07 bits per heavy atom. The highest BCUT2D eigenvalue weighted by Crippen LogP contribution is 2.34.